The number of para-hydroxylation sites is 1. The van der Waals surface area contributed by atoms with Crippen LogP contribution in [0.2, 0.25) is 0 Å². The highest BCUT2D eigenvalue weighted by molar-refractivity contribution is 6.45. The predicted octanol–water partition coefficient (Wildman–Crippen LogP) is 2.43. The van der Waals surface area contributed by atoms with Crippen molar-refractivity contribution in [1.29, 1.82) is 0 Å². The zero-order valence-electron chi connectivity index (χ0n) is 11.6. The molecule has 0 amide bonds. The molecule has 0 saturated heterocycles. The number of rotatable bonds is 4. The largest absolute Gasteiger partial charge is 0.285 e. The monoisotopic (exact) mass is 291 g/mol. The highest BCUT2D eigenvalue weighted by Crippen LogP contribution is 2.07. The number of hydrazone groups is 1. The number of Topliss-reactive ketones (excluding diaryl/α,β-unsaturated/α-hetero) is 1. The van der Waals surface area contributed by atoms with Gasteiger partial charge >= 0.3 is 0 Å². The molecule has 0 spiro atoms. The van der Waals surface area contributed by atoms with E-state index in [-0.39, 0.29) is 11.6 Å². The molecule has 0 atom stereocenters. The Bertz CT molecular complexity index is 767. The summed E-state index contributed by atoms with van der Waals surface area (Å²) >= 11 is 0. The van der Waals surface area contributed by atoms with Gasteiger partial charge in [-0.25, -0.2) is 4.98 Å². The topological polar surface area (TPSA) is 72.2 Å². The zero-order chi connectivity index (χ0) is 15.2. The lowest BCUT2D eigenvalue weighted by Crippen LogP contribution is -2.25. The molecule has 0 aliphatic heterocycles. The van der Waals surface area contributed by atoms with E-state index in [9.17, 15) is 4.79 Å². The molecule has 6 heteroatoms. The Morgan fingerprint density at radius 1 is 1.00 bits per heavy atom. The van der Waals surface area contributed by atoms with E-state index >= 15 is 0 Å². The summed E-state index contributed by atoms with van der Waals surface area (Å²) in [5.41, 5.74) is 4.17. The van der Waals surface area contributed by atoms with Gasteiger partial charge in [0, 0.05) is 5.56 Å². The van der Waals surface area contributed by atoms with Crippen molar-refractivity contribution in [3.8, 4) is 0 Å². The lowest BCUT2D eigenvalue weighted by atomic mass is 10.1. The minimum absolute atomic E-state index is 0.146. The molecule has 108 valence electrons. The van der Waals surface area contributed by atoms with E-state index in [1.165, 1.54) is 17.3 Å². The fourth-order valence-corrected chi connectivity index (χ4v) is 1.87. The first-order chi connectivity index (χ1) is 10.8. The quantitative estimate of drug-likeness (QED) is 0.347. The van der Waals surface area contributed by atoms with Gasteiger partial charge in [-0.1, -0.05) is 48.5 Å². The fourth-order valence-electron chi connectivity index (χ4n) is 1.87. The summed E-state index contributed by atoms with van der Waals surface area (Å²) in [5, 5.41) is 8.18. The molecule has 1 N–H and O–H groups in total. The third-order valence-corrected chi connectivity index (χ3v) is 2.94. The molecular formula is C16H13N5O. The predicted molar refractivity (Wildman–Crippen MR) is 83.7 cm³/mol. The number of anilines is 1. The van der Waals surface area contributed by atoms with Gasteiger partial charge in [0.15, 0.2) is 0 Å². The van der Waals surface area contributed by atoms with Crippen LogP contribution in [0.15, 0.2) is 78.4 Å². The van der Waals surface area contributed by atoms with E-state index in [0.717, 1.165) is 5.69 Å². The van der Waals surface area contributed by atoms with Crippen LogP contribution in [0.5, 0.6) is 0 Å². The Labute approximate surface area is 127 Å². The maximum absolute atomic E-state index is 12.6. The highest BCUT2D eigenvalue weighted by Gasteiger charge is 2.17. The average molecular weight is 291 g/mol. The van der Waals surface area contributed by atoms with Gasteiger partial charge in [0.05, 0.1) is 5.69 Å². The second kappa shape index (κ2) is 6.45. The van der Waals surface area contributed by atoms with Gasteiger partial charge in [-0.3, -0.25) is 10.2 Å². The Kier molecular flexibility index (Phi) is 4.01. The molecule has 0 radical (unpaired) electrons. The van der Waals surface area contributed by atoms with Gasteiger partial charge in [-0.2, -0.15) is 14.9 Å². The van der Waals surface area contributed by atoms with Gasteiger partial charge in [-0.15, -0.1) is 0 Å². The molecule has 0 aliphatic rings. The number of hydrogen-bond donors (Lipinski definition) is 1. The molecule has 1 heterocycles. The van der Waals surface area contributed by atoms with E-state index in [4.69, 9.17) is 0 Å². The third-order valence-electron chi connectivity index (χ3n) is 2.94. The molecule has 0 fully saturated rings. The van der Waals surface area contributed by atoms with E-state index < -0.39 is 0 Å². The van der Waals surface area contributed by atoms with Crippen LogP contribution in [0.4, 0.5) is 5.69 Å². The first kappa shape index (κ1) is 13.7. The first-order valence-corrected chi connectivity index (χ1v) is 6.68. The summed E-state index contributed by atoms with van der Waals surface area (Å²) < 4.78 is 1.34. The van der Waals surface area contributed by atoms with Gasteiger partial charge in [0.25, 0.3) is 0 Å². The lowest BCUT2D eigenvalue weighted by molar-refractivity contribution is 0.106. The molecule has 1 aromatic heterocycles. The normalized spacial score (nSPS) is 11.2. The van der Waals surface area contributed by atoms with E-state index in [1.807, 2.05) is 36.4 Å². The van der Waals surface area contributed by atoms with Crippen molar-refractivity contribution in [2.75, 3.05) is 5.43 Å². The summed E-state index contributed by atoms with van der Waals surface area (Å²) in [5.74, 6) is -0.0953. The molecule has 0 unspecified atom stereocenters. The van der Waals surface area contributed by atoms with Crippen LogP contribution < -0.4 is 5.43 Å². The SMILES string of the molecule is O=C(/C(=N/Nc1ccccc1)n1cncn1)c1ccccc1. The van der Waals surface area contributed by atoms with Crippen molar-refractivity contribution in [2.24, 2.45) is 5.10 Å². The summed E-state index contributed by atoms with van der Waals surface area (Å²) in [6.45, 7) is 0. The number of carbonyl (C=O) groups excluding carboxylic acids is 1. The van der Waals surface area contributed by atoms with Crippen molar-refractivity contribution in [3.05, 3.63) is 78.9 Å². The minimum atomic E-state index is -0.241. The van der Waals surface area contributed by atoms with Gasteiger partial charge in [0.1, 0.15) is 12.7 Å². The maximum atomic E-state index is 12.6. The van der Waals surface area contributed by atoms with Crippen molar-refractivity contribution in [2.45, 2.75) is 0 Å². The molecule has 0 bridgehead atoms. The van der Waals surface area contributed by atoms with E-state index in [1.54, 1.807) is 24.3 Å². The van der Waals surface area contributed by atoms with Gasteiger partial charge < -0.3 is 0 Å². The van der Waals surface area contributed by atoms with Crippen molar-refractivity contribution >= 4 is 17.3 Å². The molecular weight excluding hydrogens is 278 g/mol. The van der Waals surface area contributed by atoms with Crippen molar-refractivity contribution in [1.82, 2.24) is 14.8 Å². The first-order valence-electron chi connectivity index (χ1n) is 6.68. The van der Waals surface area contributed by atoms with Crippen LogP contribution >= 0.6 is 0 Å². The molecule has 2 aromatic carbocycles. The van der Waals surface area contributed by atoms with Crippen LogP contribution in [0.3, 0.4) is 0 Å². The molecule has 0 aliphatic carbocycles. The second-order valence-electron chi connectivity index (χ2n) is 4.45. The number of carbonyl (C=O) groups is 1. The Morgan fingerprint density at radius 2 is 1.68 bits per heavy atom. The van der Waals surface area contributed by atoms with Crippen LogP contribution in [0, 0.1) is 0 Å². The summed E-state index contributed by atoms with van der Waals surface area (Å²) in [4.78, 5) is 16.5. The standard InChI is InChI=1S/C16H13N5O/c22-15(13-7-3-1-4-8-13)16(21-12-17-11-18-21)20-19-14-9-5-2-6-10-14/h1-12,19H/b20-16-. The number of nitrogens with zero attached hydrogens (tertiary/aromatic N) is 4. The molecule has 22 heavy (non-hydrogen) atoms. The molecule has 3 rings (SSSR count). The third kappa shape index (κ3) is 3.06. The Morgan fingerprint density at radius 3 is 2.32 bits per heavy atom. The van der Waals surface area contributed by atoms with Crippen molar-refractivity contribution < 1.29 is 4.79 Å². The summed E-state index contributed by atoms with van der Waals surface area (Å²) in [6.07, 6.45) is 2.79. The average Bonchev–Trinajstić information content (AvgIpc) is 3.11. The van der Waals surface area contributed by atoms with Crippen LogP contribution in [0.25, 0.3) is 0 Å². The van der Waals surface area contributed by atoms with E-state index in [0.29, 0.717) is 5.56 Å². The number of aromatic nitrogens is 3. The lowest BCUT2D eigenvalue weighted by Gasteiger charge is -2.06. The summed E-state index contributed by atoms with van der Waals surface area (Å²) in [6, 6.07) is 18.3. The minimum Gasteiger partial charge on any atom is -0.285 e. The maximum Gasteiger partial charge on any atom is 0.232 e. The van der Waals surface area contributed by atoms with Crippen LogP contribution in [0.1, 0.15) is 10.4 Å². The molecule has 3 aromatic rings. The molecule has 0 saturated carbocycles. The van der Waals surface area contributed by atoms with Gasteiger partial charge in [0.2, 0.25) is 11.6 Å². The number of ketones is 1. The Balaban J connectivity index is 1.93. The second-order valence-corrected chi connectivity index (χ2v) is 4.45. The van der Waals surface area contributed by atoms with Gasteiger partial charge in [-0.05, 0) is 12.1 Å². The van der Waals surface area contributed by atoms with E-state index in [2.05, 4.69) is 20.6 Å². The van der Waals surface area contributed by atoms with Crippen LogP contribution in [-0.2, 0) is 0 Å². The Hall–Kier alpha value is -3.28. The zero-order valence-corrected chi connectivity index (χ0v) is 11.6. The smallest absolute Gasteiger partial charge is 0.232 e. The number of nitrogens with one attached hydrogen (secondary N) is 1. The number of hydrogen-bond acceptors (Lipinski definition) is 5. The highest BCUT2D eigenvalue weighted by atomic mass is 16.1. The number of benzene rings is 2. The van der Waals surface area contributed by atoms with Crippen LogP contribution in [-0.4, -0.2) is 26.4 Å². The summed E-state index contributed by atoms with van der Waals surface area (Å²) in [7, 11) is 0. The fraction of sp³-hybridized carbons (Fsp3) is 0. The van der Waals surface area contributed by atoms with Crippen molar-refractivity contribution in [3.63, 3.8) is 0 Å². The molecule has 6 nitrogen and oxygen atoms in total.